The van der Waals surface area contributed by atoms with Crippen molar-refractivity contribution in [3.63, 3.8) is 0 Å². The van der Waals surface area contributed by atoms with Crippen molar-refractivity contribution in [3.05, 3.63) is 41.0 Å². The lowest BCUT2D eigenvalue weighted by Crippen LogP contribution is -2.46. The normalized spacial score (nSPS) is 15.8. The van der Waals surface area contributed by atoms with E-state index in [0.29, 0.717) is 17.2 Å². The molecular formula is C33H52N2O4S. The summed E-state index contributed by atoms with van der Waals surface area (Å²) in [7, 11) is 4.98. The number of ether oxygens (including phenoxy) is 3. The zero-order valence-electron chi connectivity index (χ0n) is 26.7. The van der Waals surface area contributed by atoms with Gasteiger partial charge in [0.25, 0.3) is 0 Å². The third-order valence-corrected chi connectivity index (χ3v) is 9.00. The maximum Gasteiger partial charge on any atom is 0.203 e. The average Bonchev–Trinajstić information content (AvgIpc) is 2.87. The molecule has 0 aromatic heterocycles. The number of piperazine rings is 1. The molecule has 0 aliphatic carbocycles. The molecule has 0 radical (unpaired) electrons. The second-order valence-corrected chi connectivity index (χ2v) is 15.4. The summed E-state index contributed by atoms with van der Waals surface area (Å²) in [6.45, 7) is 23.8. The Kier molecular flexibility index (Phi) is 10.4. The average molecular weight is 573 g/mol. The van der Waals surface area contributed by atoms with E-state index in [0.717, 1.165) is 68.1 Å². The molecule has 1 aliphatic rings. The zero-order valence-corrected chi connectivity index (χ0v) is 27.6. The highest BCUT2D eigenvalue weighted by molar-refractivity contribution is 8.00. The quantitative estimate of drug-likeness (QED) is 0.305. The third-order valence-electron chi connectivity index (χ3n) is 7.77. The van der Waals surface area contributed by atoms with Gasteiger partial charge in [-0.3, -0.25) is 4.90 Å². The van der Waals surface area contributed by atoms with Crippen molar-refractivity contribution >= 4 is 11.8 Å². The Hall–Kier alpha value is -2.09. The highest BCUT2D eigenvalue weighted by Crippen LogP contribution is 2.45. The first-order valence-electron chi connectivity index (χ1n) is 14.4. The van der Waals surface area contributed by atoms with Crippen LogP contribution >= 0.6 is 11.8 Å². The van der Waals surface area contributed by atoms with Crippen molar-refractivity contribution in [2.45, 2.75) is 88.8 Å². The summed E-state index contributed by atoms with van der Waals surface area (Å²) in [5, 5.41) is 11.1. The molecule has 0 atom stereocenters. The fraction of sp³-hybridized carbons (Fsp3) is 0.636. The van der Waals surface area contributed by atoms with Gasteiger partial charge < -0.3 is 24.2 Å². The van der Waals surface area contributed by atoms with E-state index in [1.165, 1.54) is 4.90 Å². The molecule has 7 heteroatoms. The van der Waals surface area contributed by atoms with Gasteiger partial charge in [0.1, 0.15) is 5.75 Å². The topological polar surface area (TPSA) is 54.4 Å². The first kappa shape index (κ1) is 32.4. The molecule has 0 saturated carbocycles. The van der Waals surface area contributed by atoms with E-state index in [-0.39, 0.29) is 15.6 Å². The smallest absolute Gasteiger partial charge is 0.203 e. The van der Waals surface area contributed by atoms with Crippen molar-refractivity contribution in [1.82, 2.24) is 9.80 Å². The lowest BCUT2D eigenvalue weighted by atomic mass is 9.79. The van der Waals surface area contributed by atoms with Crippen LogP contribution in [0.5, 0.6) is 23.0 Å². The summed E-state index contributed by atoms with van der Waals surface area (Å²) in [4.78, 5) is 6.31. The van der Waals surface area contributed by atoms with Gasteiger partial charge in [0.05, 0.1) is 21.3 Å². The Balaban J connectivity index is 1.61. The molecule has 40 heavy (non-hydrogen) atoms. The number of phenols is 1. The van der Waals surface area contributed by atoms with Gasteiger partial charge in [-0.1, -0.05) is 61.5 Å². The molecule has 1 heterocycles. The fourth-order valence-electron chi connectivity index (χ4n) is 5.31. The van der Waals surface area contributed by atoms with Crippen LogP contribution in [0.15, 0.2) is 29.2 Å². The summed E-state index contributed by atoms with van der Waals surface area (Å²) < 4.78 is 16.8. The number of hydrogen-bond acceptors (Lipinski definition) is 7. The van der Waals surface area contributed by atoms with Crippen LogP contribution in [-0.2, 0) is 17.4 Å². The summed E-state index contributed by atoms with van der Waals surface area (Å²) in [6, 6.07) is 8.44. The molecule has 3 rings (SSSR count). The van der Waals surface area contributed by atoms with Crippen LogP contribution < -0.4 is 14.2 Å². The van der Waals surface area contributed by atoms with Gasteiger partial charge in [-0.2, -0.15) is 0 Å². The lowest BCUT2D eigenvalue weighted by molar-refractivity contribution is 0.123. The molecule has 0 bridgehead atoms. The Bertz CT molecular complexity index is 1110. The number of methoxy groups -OCH3 is 3. The van der Waals surface area contributed by atoms with E-state index >= 15 is 0 Å². The first-order valence-corrected chi connectivity index (χ1v) is 15.2. The minimum absolute atomic E-state index is 0.0748. The molecule has 2 aromatic rings. The Morgan fingerprint density at radius 2 is 1.27 bits per heavy atom. The van der Waals surface area contributed by atoms with Gasteiger partial charge in [0, 0.05) is 59.1 Å². The molecule has 2 aromatic carbocycles. The summed E-state index contributed by atoms with van der Waals surface area (Å²) in [6.07, 6.45) is 1.09. The van der Waals surface area contributed by atoms with Crippen LogP contribution in [0.3, 0.4) is 0 Å². The van der Waals surface area contributed by atoms with E-state index in [1.807, 2.05) is 17.8 Å². The van der Waals surface area contributed by atoms with Gasteiger partial charge >= 0.3 is 0 Å². The van der Waals surface area contributed by atoms with E-state index in [4.69, 9.17) is 14.2 Å². The SMILES string of the molecule is COc1ccc(CN2CCN(CCC(C)(C)Sc3cc(C(C)(C)C)c(O)c(C(C)(C)C)c3)CC2)c(OC)c1OC. The standard InChI is InChI=1S/C33H52N2O4S/c1-31(2,3)25-20-24(21-26(28(25)36)32(4,5)6)40-33(7,8)14-15-34-16-18-35(19-17-34)22-23-12-13-27(37-9)30(39-11)29(23)38-10/h12-13,20-21,36H,14-19,22H2,1-11H3. The van der Waals surface area contributed by atoms with Crippen LogP contribution in [0.1, 0.15) is 78.5 Å². The van der Waals surface area contributed by atoms with Gasteiger partial charge in [-0.15, -0.1) is 11.8 Å². The van der Waals surface area contributed by atoms with Gasteiger partial charge in [-0.05, 0) is 42.0 Å². The van der Waals surface area contributed by atoms with E-state index in [2.05, 4.69) is 83.4 Å². The van der Waals surface area contributed by atoms with Crippen molar-refractivity contribution in [2.24, 2.45) is 0 Å². The predicted octanol–water partition coefficient (Wildman–Crippen LogP) is 7.09. The van der Waals surface area contributed by atoms with Crippen LogP contribution in [0.2, 0.25) is 0 Å². The molecule has 0 unspecified atom stereocenters. The summed E-state index contributed by atoms with van der Waals surface area (Å²) in [5.41, 5.74) is 2.93. The second kappa shape index (κ2) is 12.8. The summed E-state index contributed by atoms with van der Waals surface area (Å²) >= 11 is 1.93. The Morgan fingerprint density at radius 1 is 0.750 bits per heavy atom. The number of nitrogens with zero attached hydrogens (tertiary/aromatic N) is 2. The van der Waals surface area contributed by atoms with Crippen molar-refractivity contribution < 1.29 is 19.3 Å². The minimum Gasteiger partial charge on any atom is -0.507 e. The molecule has 224 valence electrons. The number of phenolic OH excluding ortho intramolecular Hbond substituents is 1. The lowest BCUT2D eigenvalue weighted by Gasteiger charge is -2.37. The fourth-order valence-corrected chi connectivity index (χ4v) is 6.49. The minimum atomic E-state index is -0.120. The molecule has 0 spiro atoms. The van der Waals surface area contributed by atoms with E-state index < -0.39 is 0 Å². The third kappa shape index (κ3) is 8.01. The van der Waals surface area contributed by atoms with Crippen LogP contribution in [-0.4, -0.2) is 73.7 Å². The van der Waals surface area contributed by atoms with E-state index in [9.17, 15) is 5.11 Å². The van der Waals surface area contributed by atoms with Crippen LogP contribution in [0.4, 0.5) is 0 Å². The molecule has 1 aliphatic heterocycles. The number of hydrogen-bond donors (Lipinski definition) is 1. The van der Waals surface area contributed by atoms with E-state index in [1.54, 1.807) is 21.3 Å². The molecule has 1 saturated heterocycles. The Morgan fingerprint density at radius 3 is 1.75 bits per heavy atom. The van der Waals surface area contributed by atoms with Gasteiger partial charge in [0.15, 0.2) is 11.5 Å². The number of benzene rings is 2. The molecular weight excluding hydrogens is 520 g/mol. The number of rotatable bonds is 10. The maximum absolute atomic E-state index is 11.1. The largest absolute Gasteiger partial charge is 0.507 e. The Labute approximate surface area is 247 Å². The highest BCUT2D eigenvalue weighted by Gasteiger charge is 2.29. The monoisotopic (exact) mass is 572 g/mol. The highest BCUT2D eigenvalue weighted by atomic mass is 32.2. The molecule has 0 amide bonds. The second-order valence-electron chi connectivity index (χ2n) is 13.6. The molecule has 1 N–H and O–H groups in total. The number of thioether (sulfide) groups is 1. The maximum atomic E-state index is 11.1. The van der Waals surface area contributed by atoms with Crippen molar-refractivity contribution in [2.75, 3.05) is 54.1 Å². The molecule has 1 fully saturated rings. The molecule has 6 nitrogen and oxygen atoms in total. The van der Waals surface area contributed by atoms with Gasteiger partial charge in [0.2, 0.25) is 5.75 Å². The summed E-state index contributed by atoms with van der Waals surface area (Å²) in [5.74, 6) is 2.54. The van der Waals surface area contributed by atoms with Crippen molar-refractivity contribution in [1.29, 1.82) is 0 Å². The van der Waals surface area contributed by atoms with Crippen LogP contribution in [0.25, 0.3) is 0 Å². The zero-order chi connectivity index (χ0) is 29.9. The van der Waals surface area contributed by atoms with Crippen LogP contribution in [0, 0.1) is 0 Å². The first-order chi connectivity index (χ1) is 18.6. The predicted molar refractivity (Wildman–Crippen MR) is 168 cm³/mol. The van der Waals surface area contributed by atoms with Gasteiger partial charge in [-0.25, -0.2) is 0 Å². The van der Waals surface area contributed by atoms with Crippen molar-refractivity contribution in [3.8, 4) is 23.0 Å². The number of aromatic hydroxyl groups is 1.